The molecule has 1 heterocycles. The molecule has 0 bridgehead atoms. The van der Waals surface area contributed by atoms with Crippen molar-refractivity contribution in [2.24, 2.45) is 5.92 Å². The van der Waals surface area contributed by atoms with Gasteiger partial charge in [-0.15, -0.1) is 0 Å². The van der Waals surface area contributed by atoms with Gasteiger partial charge >= 0.3 is 0 Å². The summed E-state index contributed by atoms with van der Waals surface area (Å²) in [6.45, 7) is 5.57. The Morgan fingerprint density at radius 2 is 2.10 bits per heavy atom. The number of rotatable bonds is 4. The summed E-state index contributed by atoms with van der Waals surface area (Å²) < 4.78 is 5.63. The summed E-state index contributed by atoms with van der Waals surface area (Å²) in [5.74, 6) is 1.90. The fraction of sp³-hybridized carbons (Fsp3) is 0.684. The van der Waals surface area contributed by atoms with Crippen molar-refractivity contribution in [3.63, 3.8) is 0 Å². The normalized spacial score (nSPS) is 26.8. The summed E-state index contributed by atoms with van der Waals surface area (Å²) in [5, 5.41) is 3.96. The van der Waals surface area contributed by atoms with Crippen LogP contribution in [0.15, 0.2) is 18.2 Å². The lowest BCUT2D eigenvalue weighted by Gasteiger charge is -2.29. The molecule has 21 heavy (non-hydrogen) atoms. The zero-order chi connectivity index (χ0) is 14.7. The molecule has 2 heteroatoms. The fourth-order valence-corrected chi connectivity index (χ4v) is 3.87. The summed E-state index contributed by atoms with van der Waals surface area (Å²) in [6, 6.07) is 7.96. The van der Waals surface area contributed by atoms with Crippen LogP contribution in [0.5, 0.6) is 5.75 Å². The van der Waals surface area contributed by atoms with E-state index in [1.165, 1.54) is 43.2 Å². The summed E-state index contributed by atoms with van der Waals surface area (Å²) in [5.41, 5.74) is 2.83. The van der Waals surface area contributed by atoms with E-state index in [1.54, 1.807) is 0 Å². The molecule has 0 saturated heterocycles. The van der Waals surface area contributed by atoms with Gasteiger partial charge < -0.3 is 10.1 Å². The van der Waals surface area contributed by atoms with Crippen LogP contribution in [-0.4, -0.2) is 12.6 Å². The van der Waals surface area contributed by atoms with Crippen molar-refractivity contribution in [3.8, 4) is 5.75 Å². The van der Waals surface area contributed by atoms with Gasteiger partial charge in [0, 0.05) is 18.5 Å². The van der Waals surface area contributed by atoms with E-state index in [0.717, 1.165) is 31.1 Å². The van der Waals surface area contributed by atoms with Crippen LogP contribution in [0.1, 0.15) is 69.5 Å². The van der Waals surface area contributed by atoms with Gasteiger partial charge in [0.2, 0.25) is 0 Å². The first-order chi connectivity index (χ1) is 10.3. The van der Waals surface area contributed by atoms with Crippen LogP contribution < -0.4 is 10.1 Å². The zero-order valence-electron chi connectivity index (χ0n) is 13.5. The highest BCUT2D eigenvalue weighted by Crippen LogP contribution is 2.31. The summed E-state index contributed by atoms with van der Waals surface area (Å²) in [6.07, 6.45) is 9.15. The molecule has 2 nitrogen and oxygen atoms in total. The molecule has 0 amide bonds. The molecule has 0 spiro atoms. The first kappa shape index (κ1) is 14.9. The lowest BCUT2D eigenvalue weighted by molar-refractivity contribution is 0.318. The van der Waals surface area contributed by atoms with Crippen molar-refractivity contribution in [1.29, 1.82) is 0 Å². The third kappa shape index (κ3) is 3.42. The first-order valence-electron chi connectivity index (χ1n) is 8.79. The number of nitrogens with one attached hydrogen (secondary N) is 1. The second-order valence-corrected chi connectivity index (χ2v) is 6.81. The lowest BCUT2D eigenvalue weighted by Crippen LogP contribution is -2.37. The smallest absolute Gasteiger partial charge is 0.122 e. The monoisotopic (exact) mass is 287 g/mol. The third-order valence-corrected chi connectivity index (χ3v) is 5.30. The Kier molecular flexibility index (Phi) is 4.84. The second kappa shape index (κ2) is 6.83. The van der Waals surface area contributed by atoms with Crippen LogP contribution in [0.3, 0.4) is 0 Å². The highest BCUT2D eigenvalue weighted by molar-refractivity contribution is 5.40. The van der Waals surface area contributed by atoms with Crippen molar-refractivity contribution >= 4 is 0 Å². The molecule has 116 valence electrons. The Hall–Kier alpha value is -1.02. The quantitative estimate of drug-likeness (QED) is 0.815. The van der Waals surface area contributed by atoms with Crippen molar-refractivity contribution in [3.05, 3.63) is 29.3 Å². The molecule has 1 saturated carbocycles. The SMILES string of the molecule is CCC(NC1CCCCCC1C)c1ccc2c(c1)CCO2. The molecule has 1 aliphatic heterocycles. The van der Waals surface area contributed by atoms with Crippen LogP contribution >= 0.6 is 0 Å². The van der Waals surface area contributed by atoms with E-state index in [-0.39, 0.29) is 0 Å². The highest BCUT2D eigenvalue weighted by Gasteiger charge is 2.23. The van der Waals surface area contributed by atoms with Crippen LogP contribution in [0.25, 0.3) is 0 Å². The molecule has 3 atom stereocenters. The Morgan fingerprint density at radius 3 is 2.95 bits per heavy atom. The second-order valence-electron chi connectivity index (χ2n) is 6.81. The van der Waals surface area contributed by atoms with Gasteiger partial charge in [-0.25, -0.2) is 0 Å². The van der Waals surface area contributed by atoms with Crippen LogP contribution in [0.2, 0.25) is 0 Å². The molecule has 1 fully saturated rings. The van der Waals surface area contributed by atoms with E-state index in [9.17, 15) is 0 Å². The minimum atomic E-state index is 0.487. The Labute approximate surface area is 129 Å². The molecule has 2 aliphatic rings. The van der Waals surface area contributed by atoms with Gasteiger partial charge in [0.05, 0.1) is 6.61 Å². The van der Waals surface area contributed by atoms with Gasteiger partial charge in [-0.1, -0.05) is 45.2 Å². The fourth-order valence-electron chi connectivity index (χ4n) is 3.87. The largest absolute Gasteiger partial charge is 0.493 e. The van der Waals surface area contributed by atoms with Gasteiger partial charge in [-0.05, 0) is 42.4 Å². The third-order valence-electron chi connectivity index (χ3n) is 5.30. The maximum atomic E-state index is 5.63. The molecular weight excluding hydrogens is 258 g/mol. The van der Waals surface area contributed by atoms with Gasteiger partial charge in [-0.3, -0.25) is 0 Å². The molecule has 3 rings (SSSR count). The average molecular weight is 287 g/mol. The number of hydrogen-bond acceptors (Lipinski definition) is 2. The predicted molar refractivity (Wildman–Crippen MR) is 87.8 cm³/mol. The number of ether oxygens (including phenoxy) is 1. The maximum absolute atomic E-state index is 5.63. The predicted octanol–water partition coefficient (Wildman–Crippen LogP) is 4.63. The van der Waals surface area contributed by atoms with E-state index in [1.807, 2.05) is 0 Å². The Balaban J connectivity index is 1.72. The molecule has 0 radical (unpaired) electrons. The maximum Gasteiger partial charge on any atom is 0.122 e. The van der Waals surface area contributed by atoms with Gasteiger partial charge in [0.1, 0.15) is 5.75 Å². The Bertz CT molecular complexity index is 471. The van der Waals surface area contributed by atoms with E-state index in [2.05, 4.69) is 37.4 Å². The van der Waals surface area contributed by atoms with Crippen molar-refractivity contribution < 1.29 is 4.74 Å². The summed E-state index contributed by atoms with van der Waals surface area (Å²) in [7, 11) is 0. The molecule has 3 unspecified atom stereocenters. The summed E-state index contributed by atoms with van der Waals surface area (Å²) >= 11 is 0. The van der Waals surface area contributed by atoms with Gasteiger partial charge in [0.15, 0.2) is 0 Å². The zero-order valence-corrected chi connectivity index (χ0v) is 13.5. The molecular formula is C19H29NO. The standard InChI is InChI=1S/C19H29NO/c1-3-17(20-18-8-6-4-5-7-14(18)2)15-9-10-19-16(13-15)11-12-21-19/h9-10,13-14,17-18,20H,3-8,11-12H2,1-2H3. The van der Waals surface area contributed by atoms with Crippen LogP contribution in [0.4, 0.5) is 0 Å². The van der Waals surface area contributed by atoms with E-state index >= 15 is 0 Å². The number of hydrogen-bond donors (Lipinski definition) is 1. The number of fused-ring (bicyclic) bond motifs is 1. The molecule has 1 aliphatic carbocycles. The van der Waals surface area contributed by atoms with E-state index in [0.29, 0.717) is 12.1 Å². The van der Waals surface area contributed by atoms with Gasteiger partial charge in [0.25, 0.3) is 0 Å². The minimum Gasteiger partial charge on any atom is -0.493 e. The molecule has 0 aromatic heterocycles. The first-order valence-corrected chi connectivity index (χ1v) is 8.79. The highest BCUT2D eigenvalue weighted by atomic mass is 16.5. The molecule has 1 N–H and O–H groups in total. The van der Waals surface area contributed by atoms with Crippen molar-refractivity contribution in [2.75, 3.05) is 6.61 Å². The lowest BCUT2D eigenvalue weighted by atomic mass is 9.93. The van der Waals surface area contributed by atoms with Crippen LogP contribution in [-0.2, 0) is 6.42 Å². The molecule has 1 aromatic carbocycles. The summed E-state index contributed by atoms with van der Waals surface area (Å²) in [4.78, 5) is 0. The topological polar surface area (TPSA) is 21.3 Å². The van der Waals surface area contributed by atoms with E-state index in [4.69, 9.17) is 4.74 Å². The van der Waals surface area contributed by atoms with Crippen molar-refractivity contribution in [1.82, 2.24) is 5.32 Å². The average Bonchev–Trinajstić information content (AvgIpc) is 2.88. The Morgan fingerprint density at radius 1 is 1.24 bits per heavy atom. The minimum absolute atomic E-state index is 0.487. The van der Waals surface area contributed by atoms with Crippen LogP contribution in [0, 0.1) is 5.92 Å². The van der Waals surface area contributed by atoms with E-state index < -0.39 is 0 Å². The molecule has 1 aromatic rings. The van der Waals surface area contributed by atoms with Gasteiger partial charge in [-0.2, -0.15) is 0 Å². The van der Waals surface area contributed by atoms with Crippen molar-refractivity contribution in [2.45, 2.75) is 70.9 Å². The number of benzene rings is 1.